The zero-order chi connectivity index (χ0) is 7.56. The summed E-state index contributed by atoms with van der Waals surface area (Å²) in [5.41, 5.74) is 1.25. The SMILES string of the molecule is C=C(C)C=C1N=CNC1=O. The van der Waals surface area contributed by atoms with Crippen LogP contribution >= 0.6 is 0 Å². The molecule has 0 aromatic carbocycles. The molecule has 1 amide bonds. The number of amides is 1. The molecule has 0 spiro atoms. The van der Waals surface area contributed by atoms with E-state index in [1.807, 2.05) is 6.92 Å². The largest absolute Gasteiger partial charge is 0.311 e. The molecule has 52 valence electrons. The Morgan fingerprint density at radius 2 is 2.60 bits per heavy atom. The van der Waals surface area contributed by atoms with Crippen molar-refractivity contribution < 1.29 is 4.79 Å². The van der Waals surface area contributed by atoms with E-state index in [-0.39, 0.29) is 5.91 Å². The van der Waals surface area contributed by atoms with Crippen LogP contribution in [-0.4, -0.2) is 12.2 Å². The first kappa shape index (κ1) is 6.74. The van der Waals surface area contributed by atoms with Gasteiger partial charge in [0.15, 0.2) is 0 Å². The molecule has 1 aliphatic heterocycles. The fourth-order valence-electron chi connectivity index (χ4n) is 0.629. The van der Waals surface area contributed by atoms with E-state index in [2.05, 4.69) is 16.9 Å². The van der Waals surface area contributed by atoms with Crippen molar-refractivity contribution in [2.75, 3.05) is 0 Å². The molecule has 0 aromatic rings. The number of aliphatic imine (C=N–C) groups is 1. The normalized spacial score (nSPS) is 19.7. The van der Waals surface area contributed by atoms with Gasteiger partial charge in [-0.1, -0.05) is 12.2 Å². The van der Waals surface area contributed by atoms with E-state index in [1.54, 1.807) is 6.08 Å². The van der Waals surface area contributed by atoms with Gasteiger partial charge in [-0.3, -0.25) is 4.79 Å². The third-order valence-corrected chi connectivity index (χ3v) is 1.02. The molecule has 0 unspecified atom stereocenters. The molecule has 0 aromatic heterocycles. The predicted molar refractivity (Wildman–Crippen MR) is 39.5 cm³/mol. The maximum absolute atomic E-state index is 10.8. The maximum Gasteiger partial charge on any atom is 0.275 e. The van der Waals surface area contributed by atoms with Crippen LogP contribution in [0.25, 0.3) is 0 Å². The summed E-state index contributed by atoms with van der Waals surface area (Å²) in [5.74, 6) is -0.164. The van der Waals surface area contributed by atoms with Crippen LogP contribution in [0.4, 0.5) is 0 Å². The van der Waals surface area contributed by atoms with Gasteiger partial charge in [-0.2, -0.15) is 0 Å². The molecule has 1 N–H and O–H groups in total. The molecular formula is C7H8N2O. The second-order valence-electron chi connectivity index (χ2n) is 2.11. The van der Waals surface area contributed by atoms with Crippen molar-refractivity contribution in [3.63, 3.8) is 0 Å². The van der Waals surface area contributed by atoms with Crippen LogP contribution in [0.2, 0.25) is 0 Å². The molecular weight excluding hydrogens is 128 g/mol. The number of nitrogens with zero attached hydrogens (tertiary/aromatic N) is 1. The standard InChI is InChI=1S/C7H8N2O/c1-5(2)3-6-7(10)9-4-8-6/h3-4H,1H2,2H3,(H,8,9,10). The van der Waals surface area contributed by atoms with E-state index in [9.17, 15) is 4.79 Å². The lowest BCUT2D eigenvalue weighted by molar-refractivity contribution is -0.115. The van der Waals surface area contributed by atoms with Crippen molar-refractivity contribution in [3.05, 3.63) is 23.9 Å². The third kappa shape index (κ3) is 1.31. The lowest BCUT2D eigenvalue weighted by Crippen LogP contribution is -2.14. The second-order valence-corrected chi connectivity index (χ2v) is 2.11. The second kappa shape index (κ2) is 2.47. The minimum atomic E-state index is -0.164. The Labute approximate surface area is 59.2 Å². The van der Waals surface area contributed by atoms with Crippen LogP contribution in [0.1, 0.15) is 6.92 Å². The van der Waals surface area contributed by atoms with Gasteiger partial charge in [0.05, 0.1) is 6.34 Å². The van der Waals surface area contributed by atoms with Crippen molar-refractivity contribution in [2.45, 2.75) is 6.92 Å². The van der Waals surface area contributed by atoms with Gasteiger partial charge >= 0.3 is 0 Å². The maximum atomic E-state index is 10.8. The quantitative estimate of drug-likeness (QED) is 0.527. The monoisotopic (exact) mass is 136 g/mol. The van der Waals surface area contributed by atoms with Crippen molar-refractivity contribution in [1.82, 2.24) is 5.32 Å². The van der Waals surface area contributed by atoms with Crippen molar-refractivity contribution in [3.8, 4) is 0 Å². The Bertz CT molecular complexity index is 238. The van der Waals surface area contributed by atoms with Gasteiger partial charge in [-0.05, 0) is 13.0 Å². The van der Waals surface area contributed by atoms with Crippen LogP contribution in [0.5, 0.6) is 0 Å². The fraction of sp³-hybridized carbons (Fsp3) is 0.143. The van der Waals surface area contributed by atoms with Gasteiger partial charge in [0.2, 0.25) is 0 Å². The lowest BCUT2D eigenvalue weighted by atomic mass is 10.3. The summed E-state index contributed by atoms with van der Waals surface area (Å²) in [7, 11) is 0. The zero-order valence-electron chi connectivity index (χ0n) is 5.72. The highest BCUT2D eigenvalue weighted by Gasteiger charge is 2.10. The molecule has 0 atom stereocenters. The number of hydrogen-bond acceptors (Lipinski definition) is 2. The highest BCUT2D eigenvalue weighted by molar-refractivity contribution is 6.05. The van der Waals surface area contributed by atoms with Crippen LogP contribution in [0, 0.1) is 0 Å². The number of hydrogen-bond donors (Lipinski definition) is 1. The molecule has 1 aliphatic rings. The molecule has 1 rings (SSSR count). The van der Waals surface area contributed by atoms with E-state index < -0.39 is 0 Å². The van der Waals surface area contributed by atoms with E-state index in [4.69, 9.17) is 0 Å². The topological polar surface area (TPSA) is 41.5 Å². The minimum absolute atomic E-state index is 0.164. The fourth-order valence-corrected chi connectivity index (χ4v) is 0.629. The molecule has 3 nitrogen and oxygen atoms in total. The van der Waals surface area contributed by atoms with Crippen molar-refractivity contribution >= 4 is 12.2 Å². The first-order valence-corrected chi connectivity index (χ1v) is 2.91. The molecule has 10 heavy (non-hydrogen) atoms. The van der Waals surface area contributed by atoms with Crippen LogP contribution in [0.3, 0.4) is 0 Å². The lowest BCUT2D eigenvalue weighted by Gasteiger charge is -1.89. The van der Waals surface area contributed by atoms with E-state index in [0.717, 1.165) is 5.57 Å². The zero-order valence-corrected chi connectivity index (χ0v) is 5.72. The number of allylic oxidation sites excluding steroid dienone is 2. The van der Waals surface area contributed by atoms with E-state index in [0.29, 0.717) is 5.70 Å². The summed E-state index contributed by atoms with van der Waals surface area (Å²) >= 11 is 0. The van der Waals surface area contributed by atoms with Crippen molar-refractivity contribution in [2.24, 2.45) is 4.99 Å². The molecule has 0 bridgehead atoms. The van der Waals surface area contributed by atoms with Gasteiger partial charge in [-0.25, -0.2) is 4.99 Å². The average Bonchev–Trinajstić information content (AvgIpc) is 2.15. The Kier molecular flexibility index (Phi) is 1.67. The third-order valence-electron chi connectivity index (χ3n) is 1.02. The molecule has 0 saturated carbocycles. The number of carbonyl (C=O) groups excluding carboxylic acids is 1. The predicted octanol–water partition coefficient (Wildman–Crippen LogP) is 0.604. The smallest absolute Gasteiger partial charge is 0.275 e. The van der Waals surface area contributed by atoms with Crippen LogP contribution in [-0.2, 0) is 4.79 Å². The van der Waals surface area contributed by atoms with Gasteiger partial charge in [0.1, 0.15) is 5.70 Å². The highest BCUT2D eigenvalue weighted by atomic mass is 16.2. The summed E-state index contributed by atoms with van der Waals surface area (Å²) < 4.78 is 0. The minimum Gasteiger partial charge on any atom is -0.311 e. The van der Waals surface area contributed by atoms with Gasteiger partial charge < -0.3 is 5.32 Å². The molecule has 1 heterocycles. The van der Waals surface area contributed by atoms with Crippen LogP contribution in [0.15, 0.2) is 28.9 Å². The van der Waals surface area contributed by atoms with Gasteiger partial charge in [0, 0.05) is 0 Å². The Morgan fingerprint density at radius 1 is 1.90 bits per heavy atom. The van der Waals surface area contributed by atoms with Crippen LogP contribution < -0.4 is 5.32 Å². The van der Waals surface area contributed by atoms with Gasteiger partial charge in [0.25, 0.3) is 5.91 Å². The Hall–Kier alpha value is -1.38. The number of nitrogens with one attached hydrogen (secondary N) is 1. The molecule has 0 saturated heterocycles. The molecule has 0 aliphatic carbocycles. The van der Waals surface area contributed by atoms with E-state index in [1.165, 1.54) is 6.34 Å². The Morgan fingerprint density at radius 3 is 3.00 bits per heavy atom. The highest BCUT2D eigenvalue weighted by Crippen LogP contribution is 2.04. The first-order chi connectivity index (χ1) is 4.70. The summed E-state index contributed by atoms with van der Waals surface area (Å²) in [6.07, 6.45) is 3.01. The average molecular weight is 136 g/mol. The summed E-state index contributed by atoms with van der Waals surface area (Å²) in [6, 6.07) is 0. The summed E-state index contributed by atoms with van der Waals surface area (Å²) in [5, 5.41) is 2.43. The molecule has 0 radical (unpaired) electrons. The molecule has 0 fully saturated rings. The number of carbonyl (C=O) groups is 1. The number of rotatable bonds is 1. The summed E-state index contributed by atoms with van der Waals surface area (Å²) in [4.78, 5) is 14.5. The molecule has 3 heteroatoms. The first-order valence-electron chi connectivity index (χ1n) is 2.91. The summed E-state index contributed by atoms with van der Waals surface area (Å²) in [6.45, 7) is 5.44. The van der Waals surface area contributed by atoms with E-state index >= 15 is 0 Å². The Balaban J connectivity index is 2.82. The van der Waals surface area contributed by atoms with Crippen molar-refractivity contribution in [1.29, 1.82) is 0 Å². The van der Waals surface area contributed by atoms with Gasteiger partial charge in [-0.15, -0.1) is 0 Å².